The largest absolute Gasteiger partial charge is 0.467 e. The molecule has 1 atom stereocenters. The molecule has 0 aliphatic heterocycles. The summed E-state index contributed by atoms with van der Waals surface area (Å²) >= 11 is 0. The molecule has 0 aliphatic rings. The van der Waals surface area contributed by atoms with Gasteiger partial charge in [0.15, 0.2) is 6.10 Å². The van der Waals surface area contributed by atoms with Gasteiger partial charge in [0.25, 0.3) is 0 Å². The molecule has 0 saturated carbocycles. The lowest BCUT2D eigenvalue weighted by atomic mass is 10.4. The lowest BCUT2D eigenvalue weighted by Gasteiger charge is -2.05. The van der Waals surface area contributed by atoms with Gasteiger partial charge in [0.1, 0.15) is 0 Å². The van der Waals surface area contributed by atoms with Crippen LogP contribution in [0.15, 0.2) is 0 Å². The molecule has 0 saturated heterocycles. The smallest absolute Gasteiger partial charge is 0.336 e. The van der Waals surface area contributed by atoms with E-state index >= 15 is 0 Å². The highest BCUT2D eigenvalue weighted by Crippen LogP contribution is 1.82. The van der Waals surface area contributed by atoms with Crippen LogP contribution in [0.5, 0.6) is 0 Å². The fraction of sp³-hybridized carbons (Fsp3) is 0.800. The predicted molar refractivity (Wildman–Crippen MR) is 31.9 cm³/mol. The van der Waals surface area contributed by atoms with Gasteiger partial charge in [-0.05, 0) is 7.05 Å². The number of hydrogen-bond donors (Lipinski definition) is 2. The van der Waals surface area contributed by atoms with Crippen LogP contribution >= 0.6 is 0 Å². The van der Waals surface area contributed by atoms with Gasteiger partial charge in [-0.1, -0.05) is 0 Å². The number of nitrogens with one attached hydrogen (secondary N) is 1. The maximum Gasteiger partial charge on any atom is 0.336 e. The average Bonchev–Trinajstić information content (AvgIpc) is 1.87. The summed E-state index contributed by atoms with van der Waals surface area (Å²) < 4.78 is 4.24. The summed E-state index contributed by atoms with van der Waals surface area (Å²) in [5.41, 5.74) is 0. The molecular weight excluding hydrogens is 122 g/mol. The molecule has 0 spiro atoms. The van der Waals surface area contributed by atoms with Crippen molar-refractivity contribution in [2.45, 2.75) is 6.10 Å². The number of hydrogen-bond acceptors (Lipinski definition) is 4. The monoisotopic (exact) mass is 133 g/mol. The zero-order valence-corrected chi connectivity index (χ0v) is 5.55. The molecule has 1 unspecified atom stereocenters. The van der Waals surface area contributed by atoms with Gasteiger partial charge in [-0.15, -0.1) is 0 Å². The van der Waals surface area contributed by atoms with E-state index in [0.29, 0.717) is 0 Å². The van der Waals surface area contributed by atoms with Gasteiger partial charge in [-0.2, -0.15) is 0 Å². The van der Waals surface area contributed by atoms with E-state index in [9.17, 15) is 4.79 Å². The van der Waals surface area contributed by atoms with Gasteiger partial charge < -0.3 is 15.2 Å². The van der Waals surface area contributed by atoms with Crippen LogP contribution in [0.3, 0.4) is 0 Å². The minimum absolute atomic E-state index is 0.229. The van der Waals surface area contributed by atoms with E-state index in [0.717, 1.165) is 0 Å². The minimum Gasteiger partial charge on any atom is -0.467 e. The molecule has 0 aromatic heterocycles. The van der Waals surface area contributed by atoms with Crippen molar-refractivity contribution in [3.8, 4) is 0 Å². The predicted octanol–water partition coefficient (Wildman–Crippen LogP) is -1.26. The van der Waals surface area contributed by atoms with E-state index in [1.165, 1.54) is 7.11 Å². The van der Waals surface area contributed by atoms with E-state index in [1.54, 1.807) is 7.05 Å². The Morgan fingerprint density at radius 1 is 1.89 bits per heavy atom. The molecule has 0 fully saturated rings. The Hall–Kier alpha value is -0.610. The van der Waals surface area contributed by atoms with E-state index in [2.05, 4.69) is 10.1 Å². The fourth-order valence-electron chi connectivity index (χ4n) is 0.413. The number of carbonyl (C=O) groups is 1. The summed E-state index contributed by atoms with van der Waals surface area (Å²) in [6, 6.07) is 0. The quantitative estimate of drug-likeness (QED) is 0.472. The van der Waals surface area contributed by atoms with Crippen molar-refractivity contribution in [2.24, 2.45) is 0 Å². The third-order valence-electron chi connectivity index (χ3n) is 0.871. The normalized spacial score (nSPS) is 12.8. The maximum absolute atomic E-state index is 10.4. The third-order valence-corrected chi connectivity index (χ3v) is 0.871. The summed E-state index contributed by atoms with van der Waals surface area (Å²) in [6.07, 6.45) is -1.04. The molecule has 54 valence electrons. The maximum atomic E-state index is 10.4. The Morgan fingerprint density at radius 2 is 2.44 bits per heavy atom. The van der Waals surface area contributed by atoms with Crippen LogP contribution in [-0.4, -0.2) is 37.9 Å². The Morgan fingerprint density at radius 3 is 2.78 bits per heavy atom. The summed E-state index contributed by atoms with van der Waals surface area (Å²) in [4.78, 5) is 10.4. The molecule has 0 aromatic carbocycles. The highest BCUT2D eigenvalue weighted by atomic mass is 16.5. The second-order valence-corrected chi connectivity index (χ2v) is 1.60. The van der Waals surface area contributed by atoms with Gasteiger partial charge in [0.05, 0.1) is 7.11 Å². The molecule has 0 aromatic rings. The fourth-order valence-corrected chi connectivity index (χ4v) is 0.413. The standard InChI is InChI=1S/C5H11NO3/c1-6-3-4(7)5(8)9-2/h4,6-7H,3H2,1-2H3. The molecule has 0 bridgehead atoms. The Labute approximate surface area is 53.8 Å². The number of likely N-dealkylation sites (N-methyl/N-ethyl adjacent to an activating group) is 1. The van der Waals surface area contributed by atoms with E-state index < -0.39 is 12.1 Å². The highest BCUT2D eigenvalue weighted by Gasteiger charge is 2.12. The van der Waals surface area contributed by atoms with Crippen molar-refractivity contribution < 1.29 is 14.6 Å². The van der Waals surface area contributed by atoms with Crippen LogP contribution in [0.2, 0.25) is 0 Å². The number of methoxy groups -OCH3 is 1. The Kier molecular flexibility index (Phi) is 4.00. The van der Waals surface area contributed by atoms with Crippen molar-refractivity contribution >= 4 is 5.97 Å². The molecular formula is C5H11NO3. The zero-order chi connectivity index (χ0) is 7.28. The minimum atomic E-state index is -1.04. The van der Waals surface area contributed by atoms with Crippen LogP contribution in [0, 0.1) is 0 Å². The highest BCUT2D eigenvalue weighted by molar-refractivity contribution is 5.74. The average molecular weight is 133 g/mol. The van der Waals surface area contributed by atoms with Crippen molar-refractivity contribution in [1.29, 1.82) is 0 Å². The lowest BCUT2D eigenvalue weighted by Crippen LogP contribution is -2.31. The van der Waals surface area contributed by atoms with Gasteiger partial charge >= 0.3 is 5.97 Å². The topological polar surface area (TPSA) is 58.6 Å². The number of rotatable bonds is 3. The van der Waals surface area contributed by atoms with Crippen molar-refractivity contribution in [3.63, 3.8) is 0 Å². The van der Waals surface area contributed by atoms with E-state index in [-0.39, 0.29) is 6.54 Å². The first-order valence-corrected chi connectivity index (χ1v) is 2.63. The molecule has 0 rings (SSSR count). The molecule has 0 radical (unpaired) electrons. The lowest BCUT2D eigenvalue weighted by molar-refractivity contribution is -0.150. The number of aliphatic hydroxyl groups excluding tert-OH is 1. The molecule has 2 N–H and O–H groups in total. The first-order valence-electron chi connectivity index (χ1n) is 2.63. The third kappa shape index (κ3) is 3.05. The first-order chi connectivity index (χ1) is 4.22. The number of esters is 1. The molecule has 0 heterocycles. The second kappa shape index (κ2) is 4.29. The van der Waals surface area contributed by atoms with Crippen LogP contribution < -0.4 is 5.32 Å². The summed E-state index contributed by atoms with van der Waals surface area (Å²) in [5.74, 6) is -0.607. The van der Waals surface area contributed by atoms with E-state index in [1.807, 2.05) is 0 Å². The Balaban J connectivity index is 3.45. The van der Waals surface area contributed by atoms with Crippen LogP contribution in [0.1, 0.15) is 0 Å². The van der Waals surface area contributed by atoms with Gasteiger partial charge in [-0.3, -0.25) is 0 Å². The SMILES string of the molecule is CNCC(O)C(=O)OC. The molecule has 4 heteroatoms. The molecule has 9 heavy (non-hydrogen) atoms. The summed E-state index contributed by atoms with van der Waals surface area (Å²) in [6.45, 7) is 0.229. The molecule has 0 aliphatic carbocycles. The first kappa shape index (κ1) is 8.39. The van der Waals surface area contributed by atoms with Gasteiger partial charge in [-0.25, -0.2) is 4.79 Å². The number of carbonyl (C=O) groups excluding carboxylic acids is 1. The Bertz CT molecular complexity index is 94.2. The van der Waals surface area contributed by atoms with Crippen LogP contribution in [0.25, 0.3) is 0 Å². The van der Waals surface area contributed by atoms with Crippen LogP contribution in [0.4, 0.5) is 0 Å². The van der Waals surface area contributed by atoms with Crippen molar-refractivity contribution in [1.82, 2.24) is 5.32 Å². The second-order valence-electron chi connectivity index (χ2n) is 1.60. The number of ether oxygens (including phenoxy) is 1. The van der Waals surface area contributed by atoms with Crippen LogP contribution in [-0.2, 0) is 9.53 Å². The van der Waals surface area contributed by atoms with Crippen molar-refractivity contribution in [2.75, 3.05) is 20.7 Å². The van der Waals surface area contributed by atoms with E-state index in [4.69, 9.17) is 5.11 Å². The number of aliphatic hydroxyl groups is 1. The summed E-state index contributed by atoms with van der Waals surface area (Å²) in [7, 11) is 2.88. The van der Waals surface area contributed by atoms with Gasteiger partial charge in [0, 0.05) is 6.54 Å². The molecule has 0 amide bonds. The summed E-state index contributed by atoms with van der Waals surface area (Å²) in [5, 5.41) is 11.4. The zero-order valence-electron chi connectivity index (χ0n) is 5.55. The molecule has 4 nitrogen and oxygen atoms in total. The van der Waals surface area contributed by atoms with Gasteiger partial charge in [0.2, 0.25) is 0 Å². The van der Waals surface area contributed by atoms with Crippen molar-refractivity contribution in [3.05, 3.63) is 0 Å².